The van der Waals surface area contributed by atoms with Gasteiger partial charge in [-0.1, -0.05) is 0 Å². The van der Waals surface area contributed by atoms with Crippen LogP contribution in [0.15, 0.2) is 23.6 Å². The molecule has 2 aromatic heterocycles. The molecule has 2 heterocycles. The molecule has 0 unspecified atom stereocenters. The third-order valence-electron chi connectivity index (χ3n) is 3.51. The highest BCUT2D eigenvalue weighted by Crippen LogP contribution is 2.33. The van der Waals surface area contributed by atoms with Crippen LogP contribution in [0.5, 0.6) is 11.5 Å². The maximum atomic E-state index is 12.4. The third kappa shape index (κ3) is 3.64. The third-order valence-corrected chi connectivity index (χ3v) is 5.34. The number of methoxy groups -OCH3 is 2. The summed E-state index contributed by atoms with van der Waals surface area (Å²) in [6, 6.07) is 5.59. The number of carbonyl (C=O) groups excluding carboxylic acids is 1. The number of rotatable bonds is 5. The zero-order valence-electron chi connectivity index (χ0n) is 14.2. The quantitative estimate of drug-likeness (QED) is 0.725. The van der Waals surface area contributed by atoms with Gasteiger partial charge in [-0.3, -0.25) is 10.1 Å². The van der Waals surface area contributed by atoms with Crippen LogP contribution < -0.4 is 14.8 Å². The molecule has 130 valence electrons. The van der Waals surface area contributed by atoms with Crippen molar-refractivity contribution in [3.8, 4) is 22.8 Å². The zero-order valence-corrected chi connectivity index (χ0v) is 15.9. The number of benzene rings is 1. The van der Waals surface area contributed by atoms with Crippen molar-refractivity contribution >= 4 is 33.7 Å². The van der Waals surface area contributed by atoms with E-state index in [1.165, 1.54) is 22.7 Å². The largest absolute Gasteiger partial charge is 0.493 e. The molecule has 0 aliphatic carbocycles. The van der Waals surface area contributed by atoms with Gasteiger partial charge in [0.05, 0.1) is 30.6 Å². The molecule has 0 saturated carbocycles. The number of aromatic nitrogens is 2. The Balaban J connectivity index is 1.81. The summed E-state index contributed by atoms with van der Waals surface area (Å²) in [6.45, 7) is 3.71. The second-order valence-corrected chi connectivity index (χ2v) is 7.27. The smallest absolute Gasteiger partial charge is 0.269 e. The first-order valence-electron chi connectivity index (χ1n) is 7.45. The van der Waals surface area contributed by atoms with Crippen molar-refractivity contribution in [2.75, 3.05) is 19.5 Å². The van der Waals surface area contributed by atoms with E-state index in [0.29, 0.717) is 21.5 Å². The van der Waals surface area contributed by atoms with Gasteiger partial charge in [0.1, 0.15) is 4.88 Å². The van der Waals surface area contributed by atoms with Crippen LogP contribution in [-0.2, 0) is 0 Å². The summed E-state index contributed by atoms with van der Waals surface area (Å²) in [5, 5.41) is 6.14. The number of nitrogens with one attached hydrogen (secondary N) is 1. The summed E-state index contributed by atoms with van der Waals surface area (Å²) < 4.78 is 10.6. The normalized spacial score (nSPS) is 10.6. The Hall–Kier alpha value is -2.45. The molecule has 8 heteroatoms. The fraction of sp³-hybridized carbons (Fsp3) is 0.235. The molecule has 0 spiro atoms. The van der Waals surface area contributed by atoms with Crippen LogP contribution in [0.1, 0.15) is 20.4 Å². The van der Waals surface area contributed by atoms with Gasteiger partial charge in [0.15, 0.2) is 16.6 Å². The van der Waals surface area contributed by atoms with Crippen molar-refractivity contribution in [2.45, 2.75) is 13.8 Å². The highest BCUT2D eigenvalue weighted by molar-refractivity contribution is 7.15. The van der Waals surface area contributed by atoms with Crippen molar-refractivity contribution in [1.82, 2.24) is 9.97 Å². The summed E-state index contributed by atoms with van der Waals surface area (Å²) in [6.07, 6.45) is 0. The van der Waals surface area contributed by atoms with Crippen molar-refractivity contribution < 1.29 is 14.3 Å². The van der Waals surface area contributed by atoms with Gasteiger partial charge in [0, 0.05) is 10.9 Å². The molecule has 25 heavy (non-hydrogen) atoms. The average Bonchev–Trinajstić information content (AvgIpc) is 3.20. The predicted molar refractivity (Wildman–Crippen MR) is 100 cm³/mol. The van der Waals surface area contributed by atoms with Gasteiger partial charge < -0.3 is 9.47 Å². The Labute approximate surface area is 153 Å². The zero-order chi connectivity index (χ0) is 18.0. The average molecular weight is 375 g/mol. The SMILES string of the molecule is COc1ccc(-c2csc(NC(=O)c3sc(C)nc3C)n2)cc1OC. The molecule has 0 saturated heterocycles. The fourth-order valence-corrected chi connectivity index (χ4v) is 3.88. The van der Waals surface area contributed by atoms with E-state index in [2.05, 4.69) is 15.3 Å². The molecule has 0 atom stereocenters. The van der Waals surface area contributed by atoms with Crippen molar-refractivity contribution in [3.63, 3.8) is 0 Å². The molecule has 0 aliphatic heterocycles. The topological polar surface area (TPSA) is 73.3 Å². The van der Waals surface area contributed by atoms with Crippen LogP contribution in [0.4, 0.5) is 5.13 Å². The highest BCUT2D eigenvalue weighted by Gasteiger charge is 2.16. The Morgan fingerprint density at radius 3 is 2.52 bits per heavy atom. The number of anilines is 1. The van der Waals surface area contributed by atoms with Gasteiger partial charge in [-0.2, -0.15) is 0 Å². The fourth-order valence-electron chi connectivity index (χ4n) is 2.36. The minimum Gasteiger partial charge on any atom is -0.493 e. The van der Waals surface area contributed by atoms with Gasteiger partial charge in [-0.05, 0) is 32.0 Å². The maximum Gasteiger partial charge on any atom is 0.269 e. The van der Waals surface area contributed by atoms with Crippen molar-refractivity contribution in [3.05, 3.63) is 39.2 Å². The molecule has 1 aromatic carbocycles. The molecule has 3 rings (SSSR count). The Morgan fingerprint density at radius 1 is 1.12 bits per heavy atom. The van der Waals surface area contributed by atoms with Gasteiger partial charge in [-0.15, -0.1) is 22.7 Å². The van der Waals surface area contributed by atoms with Crippen LogP contribution in [0.3, 0.4) is 0 Å². The summed E-state index contributed by atoms with van der Waals surface area (Å²) in [5.74, 6) is 1.11. The van der Waals surface area contributed by atoms with Crippen LogP contribution in [0, 0.1) is 13.8 Å². The van der Waals surface area contributed by atoms with E-state index in [9.17, 15) is 4.79 Å². The van der Waals surface area contributed by atoms with E-state index in [0.717, 1.165) is 22.0 Å². The van der Waals surface area contributed by atoms with Crippen LogP contribution >= 0.6 is 22.7 Å². The minimum atomic E-state index is -0.184. The summed E-state index contributed by atoms with van der Waals surface area (Å²) in [5.41, 5.74) is 2.38. The summed E-state index contributed by atoms with van der Waals surface area (Å²) in [4.78, 5) is 21.7. The van der Waals surface area contributed by atoms with Gasteiger partial charge in [-0.25, -0.2) is 9.97 Å². The maximum absolute atomic E-state index is 12.4. The molecule has 1 amide bonds. The van der Waals surface area contributed by atoms with E-state index in [1.807, 2.05) is 37.4 Å². The first-order valence-corrected chi connectivity index (χ1v) is 9.14. The molecule has 3 aromatic rings. The van der Waals surface area contributed by atoms with E-state index >= 15 is 0 Å². The number of nitrogens with zero attached hydrogens (tertiary/aromatic N) is 2. The molecule has 0 radical (unpaired) electrons. The van der Waals surface area contributed by atoms with E-state index in [-0.39, 0.29) is 5.91 Å². The molecule has 0 bridgehead atoms. The van der Waals surface area contributed by atoms with Gasteiger partial charge in [0.2, 0.25) is 0 Å². The Morgan fingerprint density at radius 2 is 1.88 bits per heavy atom. The number of amides is 1. The lowest BCUT2D eigenvalue weighted by Gasteiger charge is -2.08. The molecule has 0 fully saturated rings. The lowest BCUT2D eigenvalue weighted by molar-refractivity contribution is 0.103. The number of ether oxygens (including phenoxy) is 2. The second-order valence-electron chi connectivity index (χ2n) is 5.21. The molecular formula is C17H17N3O3S2. The van der Waals surface area contributed by atoms with Crippen LogP contribution in [-0.4, -0.2) is 30.1 Å². The number of thiazole rings is 2. The first-order chi connectivity index (χ1) is 12.0. The highest BCUT2D eigenvalue weighted by atomic mass is 32.1. The van der Waals surface area contributed by atoms with E-state index in [1.54, 1.807) is 14.2 Å². The summed E-state index contributed by atoms with van der Waals surface area (Å²) in [7, 11) is 3.19. The first kappa shape index (κ1) is 17.4. The predicted octanol–water partition coefficient (Wildman–Crippen LogP) is 4.15. The number of hydrogen-bond acceptors (Lipinski definition) is 7. The van der Waals surface area contributed by atoms with Crippen LogP contribution in [0.25, 0.3) is 11.3 Å². The van der Waals surface area contributed by atoms with Crippen LogP contribution in [0.2, 0.25) is 0 Å². The number of aryl methyl sites for hydroxylation is 2. The van der Waals surface area contributed by atoms with E-state index < -0.39 is 0 Å². The molecule has 0 aliphatic rings. The van der Waals surface area contributed by atoms with Gasteiger partial charge in [0.25, 0.3) is 5.91 Å². The monoisotopic (exact) mass is 375 g/mol. The Bertz CT molecular complexity index is 918. The minimum absolute atomic E-state index is 0.184. The summed E-state index contributed by atoms with van der Waals surface area (Å²) >= 11 is 2.75. The number of hydrogen-bond donors (Lipinski definition) is 1. The Kier molecular flexibility index (Phi) is 5.00. The lowest BCUT2D eigenvalue weighted by atomic mass is 10.1. The molecular weight excluding hydrogens is 358 g/mol. The number of carbonyl (C=O) groups is 1. The standard InChI is InChI=1S/C17H17N3O3S2/c1-9-15(25-10(2)18-9)16(21)20-17-19-12(8-24-17)11-5-6-13(22-3)14(7-11)23-4/h5-8H,1-4H3,(H,19,20,21). The second kappa shape index (κ2) is 7.20. The van der Waals surface area contributed by atoms with Crippen molar-refractivity contribution in [2.24, 2.45) is 0 Å². The van der Waals surface area contributed by atoms with Crippen molar-refractivity contribution in [1.29, 1.82) is 0 Å². The lowest BCUT2D eigenvalue weighted by Crippen LogP contribution is -2.11. The molecule has 6 nitrogen and oxygen atoms in total. The van der Waals surface area contributed by atoms with E-state index in [4.69, 9.17) is 9.47 Å². The molecule has 1 N–H and O–H groups in total. The van der Waals surface area contributed by atoms with Gasteiger partial charge >= 0.3 is 0 Å².